The van der Waals surface area contributed by atoms with Crippen molar-refractivity contribution in [2.24, 2.45) is 0 Å². The van der Waals surface area contributed by atoms with E-state index in [0.717, 1.165) is 17.1 Å². The molecule has 6 nitrogen and oxygen atoms in total. The SMILES string of the molecule is Cc1cc([C@H]2[C@@H](c3ccccn3)NC(=S)N2Cc2ccccn2)c(C)n1Cc1ccco1. The molecule has 2 atom stereocenters. The van der Waals surface area contributed by atoms with Crippen molar-refractivity contribution in [2.45, 2.75) is 39.0 Å². The molecule has 0 unspecified atom stereocenters. The van der Waals surface area contributed by atoms with Crippen molar-refractivity contribution in [3.05, 3.63) is 107 Å². The first-order chi connectivity index (χ1) is 15.6. The summed E-state index contributed by atoms with van der Waals surface area (Å²) in [4.78, 5) is 11.4. The van der Waals surface area contributed by atoms with Gasteiger partial charge in [-0.2, -0.15) is 0 Å². The fraction of sp³-hybridized carbons (Fsp3) is 0.240. The molecule has 0 spiro atoms. The van der Waals surface area contributed by atoms with E-state index in [1.54, 1.807) is 6.26 Å². The smallest absolute Gasteiger partial charge is 0.170 e. The zero-order valence-electron chi connectivity index (χ0n) is 18.1. The number of hydrogen-bond acceptors (Lipinski definition) is 4. The molecule has 162 valence electrons. The molecular formula is C25H25N5OS. The maximum Gasteiger partial charge on any atom is 0.170 e. The van der Waals surface area contributed by atoms with Crippen LogP contribution in [0.4, 0.5) is 0 Å². The highest BCUT2D eigenvalue weighted by molar-refractivity contribution is 7.80. The fourth-order valence-electron chi connectivity index (χ4n) is 4.51. The maximum atomic E-state index is 5.81. The minimum atomic E-state index is -0.0509. The fourth-order valence-corrected chi connectivity index (χ4v) is 4.81. The maximum absolute atomic E-state index is 5.81. The molecule has 1 saturated heterocycles. The summed E-state index contributed by atoms with van der Waals surface area (Å²) in [6, 6.07) is 18.1. The summed E-state index contributed by atoms with van der Waals surface area (Å²) < 4.78 is 7.90. The van der Waals surface area contributed by atoms with Crippen LogP contribution < -0.4 is 5.32 Å². The Morgan fingerprint density at radius 2 is 1.81 bits per heavy atom. The molecule has 0 radical (unpaired) electrons. The number of aromatic nitrogens is 3. The largest absolute Gasteiger partial charge is 0.467 e. The molecule has 4 aromatic rings. The van der Waals surface area contributed by atoms with Crippen molar-refractivity contribution in [1.82, 2.24) is 24.8 Å². The molecule has 1 aliphatic rings. The van der Waals surface area contributed by atoms with Gasteiger partial charge in [-0.25, -0.2) is 0 Å². The van der Waals surface area contributed by atoms with Crippen molar-refractivity contribution >= 4 is 17.3 Å². The lowest BCUT2D eigenvalue weighted by atomic mass is 9.96. The lowest BCUT2D eigenvalue weighted by molar-refractivity contribution is 0.307. The molecule has 1 N–H and O–H groups in total. The van der Waals surface area contributed by atoms with E-state index in [9.17, 15) is 0 Å². The van der Waals surface area contributed by atoms with Gasteiger partial charge in [-0.1, -0.05) is 12.1 Å². The van der Waals surface area contributed by atoms with Crippen molar-refractivity contribution < 1.29 is 4.42 Å². The Hall–Kier alpha value is -3.45. The Kier molecular flexibility index (Phi) is 5.49. The minimum Gasteiger partial charge on any atom is -0.467 e. The van der Waals surface area contributed by atoms with Crippen LogP contribution in [0.3, 0.4) is 0 Å². The molecule has 0 bridgehead atoms. The Labute approximate surface area is 192 Å². The monoisotopic (exact) mass is 443 g/mol. The molecule has 5 rings (SSSR count). The number of aryl methyl sites for hydroxylation is 1. The second-order valence-electron chi connectivity index (χ2n) is 8.07. The molecule has 0 aliphatic carbocycles. The van der Waals surface area contributed by atoms with Gasteiger partial charge in [0, 0.05) is 23.8 Å². The first-order valence-corrected chi connectivity index (χ1v) is 11.1. The first-order valence-electron chi connectivity index (χ1n) is 10.7. The average molecular weight is 444 g/mol. The second kappa shape index (κ2) is 8.59. The molecule has 32 heavy (non-hydrogen) atoms. The summed E-state index contributed by atoms with van der Waals surface area (Å²) in [5.74, 6) is 0.935. The minimum absolute atomic E-state index is 0.00374. The molecular weight excluding hydrogens is 418 g/mol. The summed E-state index contributed by atoms with van der Waals surface area (Å²) in [6.45, 7) is 5.63. The number of nitrogens with one attached hydrogen (secondary N) is 1. The highest BCUT2D eigenvalue weighted by atomic mass is 32.1. The van der Waals surface area contributed by atoms with Crippen LogP contribution in [-0.4, -0.2) is 24.5 Å². The van der Waals surface area contributed by atoms with Gasteiger partial charge in [-0.05, 0) is 74.1 Å². The predicted octanol–water partition coefficient (Wildman–Crippen LogP) is 4.71. The number of nitrogens with zero attached hydrogens (tertiary/aromatic N) is 4. The summed E-state index contributed by atoms with van der Waals surface area (Å²) in [5, 5.41) is 4.24. The highest BCUT2D eigenvalue weighted by Crippen LogP contribution is 2.41. The van der Waals surface area contributed by atoms with Crippen LogP contribution in [0.5, 0.6) is 0 Å². The van der Waals surface area contributed by atoms with Crippen molar-refractivity contribution in [1.29, 1.82) is 0 Å². The topological polar surface area (TPSA) is 59.1 Å². The van der Waals surface area contributed by atoms with Crippen LogP contribution in [0.25, 0.3) is 0 Å². The molecule has 1 fully saturated rings. The molecule has 0 amide bonds. The number of furan rings is 1. The predicted molar refractivity (Wildman–Crippen MR) is 127 cm³/mol. The summed E-state index contributed by atoms with van der Waals surface area (Å²) in [7, 11) is 0. The second-order valence-corrected chi connectivity index (χ2v) is 8.45. The number of thiocarbonyl (C=S) groups is 1. The molecule has 7 heteroatoms. The Balaban J connectivity index is 1.57. The molecule has 1 aliphatic heterocycles. The Morgan fingerprint density at radius 1 is 1.00 bits per heavy atom. The third-order valence-electron chi connectivity index (χ3n) is 6.08. The van der Waals surface area contributed by atoms with E-state index >= 15 is 0 Å². The molecule has 5 heterocycles. The van der Waals surface area contributed by atoms with Gasteiger partial charge in [0.2, 0.25) is 0 Å². The molecule has 0 aromatic carbocycles. The van der Waals surface area contributed by atoms with Crippen LogP contribution in [0.2, 0.25) is 0 Å². The van der Waals surface area contributed by atoms with E-state index in [2.05, 4.69) is 50.7 Å². The zero-order valence-corrected chi connectivity index (χ0v) is 18.9. The third kappa shape index (κ3) is 3.80. The van der Waals surface area contributed by atoms with E-state index in [4.69, 9.17) is 16.6 Å². The van der Waals surface area contributed by atoms with E-state index in [-0.39, 0.29) is 12.1 Å². The quantitative estimate of drug-likeness (QED) is 0.436. The third-order valence-corrected chi connectivity index (χ3v) is 6.43. The van der Waals surface area contributed by atoms with Gasteiger partial charge in [-0.3, -0.25) is 9.97 Å². The lowest BCUT2D eigenvalue weighted by Gasteiger charge is -2.28. The van der Waals surface area contributed by atoms with Gasteiger partial charge >= 0.3 is 0 Å². The van der Waals surface area contributed by atoms with Crippen LogP contribution in [0.1, 0.15) is 46.2 Å². The zero-order chi connectivity index (χ0) is 22.1. The van der Waals surface area contributed by atoms with E-state index in [1.807, 2.05) is 54.9 Å². The first kappa shape index (κ1) is 20.5. The van der Waals surface area contributed by atoms with Gasteiger partial charge < -0.3 is 19.2 Å². The lowest BCUT2D eigenvalue weighted by Crippen LogP contribution is -2.29. The van der Waals surface area contributed by atoms with Crippen LogP contribution >= 0.6 is 12.2 Å². The van der Waals surface area contributed by atoms with Crippen LogP contribution in [0, 0.1) is 13.8 Å². The normalized spacial score (nSPS) is 18.2. The van der Waals surface area contributed by atoms with Crippen molar-refractivity contribution in [2.75, 3.05) is 0 Å². The van der Waals surface area contributed by atoms with Crippen LogP contribution in [0.15, 0.2) is 77.7 Å². The Bertz CT molecular complexity index is 1200. The summed E-state index contributed by atoms with van der Waals surface area (Å²) in [6.07, 6.45) is 5.37. The van der Waals surface area contributed by atoms with Gasteiger partial charge in [0.25, 0.3) is 0 Å². The van der Waals surface area contributed by atoms with E-state index < -0.39 is 0 Å². The van der Waals surface area contributed by atoms with E-state index in [1.165, 1.54) is 17.0 Å². The van der Waals surface area contributed by atoms with Gasteiger partial charge in [0.05, 0.1) is 42.8 Å². The van der Waals surface area contributed by atoms with Gasteiger partial charge in [0.15, 0.2) is 5.11 Å². The number of rotatable bonds is 6. The van der Waals surface area contributed by atoms with Crippen molar-refractivity contribution in [3.63, 3.8) is 0 Å². The average Bonchev–Trinajstić information content (AvgIpc) is 3.51. The molecule has 0 saturated carbocycles. The van der Waals surface area contributed by atoms with E-state index in [0.29, 0.717) is 18.2 Å². The number of hydrogen-bond donors (Lipinski definition) is 1. The highest BCUT2D eigenvalue weighted by Gasteiger charge is 2.41. The molecule has 4 aromatic heterocycles. The van der Waals surface area contributed by atoms with Crippen LogP contribution in [-0.2, 0) is 13.1 Å². The standard InChI is InChI=1S/C25H25N5OS/c1-17-14-21(18(2)29(17)16-20-9-7-13-31-20)24-23(22-10-4-6-12-27-22)28-25(32)30(24)15-19-8-3-5-11-26-19/h3-14,23-24H,15-16H2,1-2H3,(H,28,32)/t23-,24+/m1/s1. The number of pyridine rings is 2. The van der Waals surface area contributed by atoms with Gasteiger partial charge in [-0.15, -0.1) is 0 Å². The van der Waals surface area contributed by atoms with Crippen molar-refractivity contribution in [3.8, 4) is 0 Å². The van der Waals surface area contributed by atoms with Gasteiger partial charge in [0.1, 0.15) is 5.76 Å². The summed E-state index contributed by atoms with van der Waals surface area (Å²) >= 11 is 5.81. The Morgan fingerprint density at radius 3 is 2.50 bits per heavy atom. The summed E-state index contributed by atoms with van der Waals surface area (Å²) in [5.41, 5.74) is 5.56.